The predicted molar refractivity (Wildman–Crippen MR) is 79.8 cm³/mol. The minimum Gasteiger partial charge on any atom is -0.309 e. The Bertz CT molecular complexity index is 364. The summed E-state index contributed by atoms with van der Waals surface area (Å²) in [5, 5.41) is 3.39. The molecule has 1 N–H and O–H groups in total. The Balaban J connectivity index is 2.81. The van der Waals surface area contributed by atoms with Gasteiger partial charge in [0.2, 0.25) is 0 Å². The maximum absolute atomic E-state index is 13.9. The molecule has 0 aromatic heterocycles. The summed E-state index contributed by atoms with van der Waals surface area (Å²) >= 11 is 0. The number of halogens is 1. The molecule has 0 aliphatic rings. The molecule has 0 aliphatic carbocycles. The van der Waals surface area contributed by atoms with Crippen molar-refractivity contribution in [1.82, 2.24) is 10.2 Å². The molecule has 3 heteroatoms. The first-order valence-electron chi connectivity index (χ1n) is 7.31. The van der Waals surface area contributed by atoms with E-state index in [0.29, 0.717) is 6.04 Å². The standard InChI is InChI=1S/C16H27FN2/c1-5-13(6-2)19(4)12-16(18-7-3)14-10-8-9-11-15(14)17/h8-11,13,16,18H,5-7,12H2,1-4H3. The van der Waals surface area contributed by atoms with Crippen LogP contribution in [0.15, 0.2) is 24.3 Å². The van der Waals surface area contributed by atoms with E-state index in [4.69, 9.17) is 0 Å². The monoisotopic (exact) mass is 266 g/mol. The minimum absolute atomic E-state index is 0.0526. The molecule has 1 aromatic rings. The van der Waals surface area contributed by atoms with E-state index in [-0.39, 0.29) is 11.9 Å². The summed E-state index contributed by atoms with van der Waals surface area (Å²) in [6, 6.07) is 7.68. The van der Waals surface area contributed by atoms with Crippen LogP contribution in [0, 0.1) is 5.82 Å². The Morgan fingerprint density at radius 2 is 1.79 bits per heavy atom. The highest BCUT2D eigenvalue weighted by Crippen LogP contribution is 2.19. The first-order valence-corrected chi connectivity index (χ1v) is 7.31. The van der Waals surface area contributed by atoms with E-state index < -0.39 is 0 Å². The summed E-state index contributed by atoms with van der Waals surface area (Å²) in [6.45, 7) is 8.15. The normalized spacial score (nSPS) is 13.2. The SMILES string of the molecule is CCNC(CN(C)C(CC)CC)c1ccccc1F. The van der Waals surface area contributed by atoms with Crippen molar-refractivity contribution in [3.8, 4) is 0 Å². The number of hydrogen-bond donors (Lipinski definition) is 1. The Morgan fingerprint density at radius 3 is 2.32 bits per heavy atom. The Kier molecular flexibility index (Phi) is 7.03. The van der Waals surface area contributed by atoms with E-state index in [9.17, 15) is 4.39 Å². The third-order valence-corrected chi connectivity index (χ3v) is 3.77. The summed E-state index contributed by atoms with van der Waals surface area (Å²) in [4.78, 5) is 2.33. The molecule has 0 radical (unpaired) electrons. The average Bonchev–Trinajstić information content (AvgIpc) is 2.40. The van der Waals surface area contributed by atoms with Gasteiger partial charge in [0.25, 0.3) is 0 Å². The van der Waals surface area contributed by atoms with Crippen LogP contribution in [0.2, 0.25) is 0 Å². The lowest BCUT2D eigenvalue weighted by Gasteiger charge is -2.31. The lowest BCUT2D eigenvalue weighted by molar-refractivity contribution is 0.205. The van der Waals surface area contributed by atoms with Gasteiger partial charge in [-0.15, -0.1) is 0 Å². The van der Waals surface area contributed by atoms with Gasteiger partial charge in [-0.05, 0) is 32.5 Å². The lowest BCUT2D eigenvalue weighted by Crippen LogP contribution is -2.38. The van der Waals surface area contributed by atoms with Crippen LogP contribution in [-0.4, -0.2) is 31.1 Å². The second kappa shape index (κ2) is 8.28. The van der Waals surface area contributed by atoms with Crippen LogP contribution in [0.5, 0.6) is 0 Å². The fourth-order valence-electron chi connectivity index (χ4n) is 2.63. The number of hydrogen-bond acceptors (Lipinski definition) is 2. The molecule has 0 bridgehead atoms. The zero-order chi connectivity index (χ0) is 14.3. The first kappa shape index (κ1) is 16.1. The molecule has 0 amide bonds. The van der Waals surface area contributed by atoms with Gasteiger partial charge in [0.15, 0.2) is 0 Å². The molecule has 1 unspecified atom stereocenters. The summed E-state index contributed by atoms with van der Waals surface area (Å²) in [6.07, 6.45) is 2.26. The third-order valence-electron chi connectivity index (χ3n) is 3.77. The molecule has 108 valence electrons. The van der Waals surface area contributed by atoms with Crippen molar-refractivity contribution in [2.24, 2.45) is 0 Å². The van der Waals surface area contributed by atoms with E-state index in [1.807, 2.05) is 12.1 Å². The molecule has 19 heavy (non-hydrogen) atoms. The smallest absolute Gasteiger partial charge is 0.128 e. The first-order chi connectivity index (χ1) is 9.13. The van der Waals surface area contributed by atoms with E-state index in [2.05, 4.69) is 38.0 Å². The van der Waals surface area contributed by atoms with Crippen molar-refractivity contribution in [2.45, 2.75) is 45.7 Å². The molecular weight excluding hydrogens is 239 g/mol. The quantitative estimate of drug-likeness (QED) is 0.773. The molecule has 2 nitrogen and oxygen atoms in total. The fourth-order valence-corrected chi connectivity index (χ4v) is 2.63. The Labute approximate surface area is 117 Å². The van der Waals surface area contributed by atoms with Gasteiger partial charge in [-0.25, -0.2) is 4.39 Å². The van der Waals surface area contributed by atoms with Crippen LogP contribution in [0.4, 0.5) is 4.39 Å². The van der Waals surface area contributed by atoms with Crippen molar-refractivity contribution in [3.05, 3.63) is 35.6 Å². The molecule has 0 heterocycles. The number of rotatable bonds is 8. The molecule has 0 saturated heterocycles. The van der Waals surface area contributed by atoms with Crippen LogP contribution in [0.25, 0.3) is 0 Å². The van der Waals surface area contributed by atoms with Crippen molar-refractivity contribution >= 4 is 0 Å². The van der Waals surface area contributed by atoms with E-state index in [1.54, 1.807) is 6.07 Å². The predicted octanol–water partition coefficient (Wildman–Crippen LogP) is 3.60. The number of nitrogens with one attached hydrogen (secondary N) is 1. The number of nitrogens with zero attached hydrogens (tertiary/aromatic N) is 1. The third kappa shape index (κ3) is 4.59. The van der Waals surface area contributed by atoms with Crippen molar-refractivity contribution in [1.29, 1.82) is 0 Å². The lowest BCUT2D eigenvalue weighted by atomic mass is 10.0. The topological polar surface area (TPSA) is 15.3 Å². The molecule has 0 spiro atoms. The van der Waals surface area contributed by atoms with Gasteiger partial charge in [0, 0.05) is 24.2 Å². The van der Waals surface area contributed by atoms with E-state index in [1.165, 1.54) is 6.07 Å². The second-order valence-corrected chi connectivity index (χ2v) is 5.04. The zero-order valence-corrected chi connectivity index (χ0v) is 12.6. The largest absolute Gasteiger partial charge is 0.309 e. The van der Waals surface area contributed by atoms with Crippen molar-refractivity contribution in [3.63, 3.8) is 0 Å². The molecule has 1 aromatic carbocycles. The fraction of sp³-hybridized carbons (Fsp3) is 0.625. The van der Waals surface area contributed by atoms with Crippen molar-refractivity contribution < 1.29 is 4.39 Å². The number of benzene rings is 1. The van der Waals surface area contributed by atoms with Crippen LogP contribution in [0.3, 0.4) is 0 Å². The van der Waals surface area contributed by atoms with Crippen LogP contribution >= 0.6 is 0 Å². The zero-order valence-electron chi connectivity index (χ0n) is 12.6. The Morgan fingerprint density at radius 1 is 1.16 bits per heavy atom. The van der Waals surface area contributed by atoms with Gasteiger partial charge in [-0.3, -0.25) is 0 Å². The van der Waals surface area contributed by atoms with Gasteiger partial charge < -0.3 is 10.2 Å². The summed E-state index contributed by atoms with van der Waals surface area (Å²) in [5.74, 6) is -0.119. The molecule has 1 atom stereocenters. The van der Waals surface area contributed by atoms with Crippen molar-refractivity contribution in [2.75, 3.05) is 20.1 Å². The Hall–Kier alpha value is -0.930. The van der Waals surface area contributed by atoms with E-state index in [0.717, 1.165) is 31.5 Å². The molecule has 0 aliphatic heterocycles. The summed E-state index contributed by atoms with van der Waals surface area (Å²) in [7, 11) is 2.13. The van der Waals surface area contributed by atoms with Gasteiger partial charge in [-0.1, -0.05) is 39.0 Å². The molecule has 0 saturated carbocycles. The number of likely N-dealkylation sites (N-methyl/N-ethyl adjacent to an activating group) is 2. The van der Waals surface area contributed by atoms with Gasteiger partial charge in [-0.2, -0.15) is 0 Å². The molecular formula is C16H27FN2. The van der Waals surface area contributed by atoms with Gasteiger partial charge in [0.05, 0.1) is 0 Å². The van der Waals surface area contributed by atoms with Crippen LogP contribution in [0.1, 0.15) is 45.2 Å². The second-order valence-electron chi connectivity index (χ2n) is 5.04. The molecule has 0 fully saturated rings. The average molecular weight is 266 g/mol. The maximum atomic E-state index is 13.9. The highest BCUT2D eigenvalue weighted by Gasteiger charge is 2.19. The summed E-state index contributed by atoms with van der Waals surface area (Å²) in [5.41, 5.74) is 0.766. The minimum atomic E-state index is -0.119. The van der Waals surface area contributed by atoms with Crippen LogP contribution in [-0.2, 0) is 0 Å². The summed E-state index contributed by atoms with van der Waals surface area (Å²) < 4.78 is 13.9. The highest BCUT2D eigenvalue weighted by atomic mass is 19.1. The van der Waals surface area contributed by atoms with Crippen LogP contribution < -0.4 is 5.32 Å². The van der Waals surface area contributed by atoms with E-state index >= 15 is 0 Å². The molecule has 1 rings (SSSR count). The maximum Gasteiger partial charge on any atom is 0.128 e. The van der Waals surface area contributed by atoms with Gasteiger partial charge in [0.1, 0.15) is 5.82 Å². The highest BCUT2D eigenvalue weighted by molar-refractivity contribution is 5.21. The van der Waals surface area contributed by atoms with Gasteiger partial charge >= 0.3 is 0 Å².